The Bertz CT molecular complexity index is 963. The Kier molecular flexibility index (Phi) is 3.24. The fourth-order valence-corrected chi connectivity index (χ4v) is 2.53. The lowest BCUT2D eigenvalue weighted by Gasteiger charge is -2.06. The lowest BCUT2D eigenvalue weighted by atomic mass is 10.1. The Morgan fingerprint density at radius 3 is 2.65 bits per heavy atom. The average Bonchev–Trinajstić information content (AvgIpc) is 3.05. The molecular formula is C18H14N4O. The molecule has 3 heterocycles. The molecule has 0 aliphatic carbocycles. The number of pyridine rings is 1. The average molecular weight is 302 g/mol. The van der Waals surface area contributed by atoms with E-state index in [0.29, 0.717) is 0 Å². The molecule has 0 aliphatic rings. The molecule has 23 heavy (non-hydrogen) atoms. The van der Waals surface area contributed by atoms with Crippen molar-refractivity contribution in [2.45, 2.75) is 0 Å². The van der Waals surface area contributed by atoms with Gasteiger partial charge in [-0.2, -0.15) is 5.10 Å². The van der Waals surface area contributed by atoms with E-state index in [1.54, 1.807) is 19.5 Å². The van der Waals surface area contributed by atoms with E-state index in [0.717, 1.165) is 33.9 Å². The number of fused-ring (bicyclic) bond motifs is 1. The molecule has 0 fully saturated rings. The van der Waals surface area contributed by atoms with E-state index < -0.39 is 0 Å². The van der Waals surface area contributed by atoms with Crippen LogP contribution in [0, 0.1) is 0 Å². The molecule has 4 rings (SSSR count). The first-order chi connectivity index (χ1) is 11.3. The molecule has 0 aliphatic heterocycles. The van der Waals surface area contributed by atoms with E-state index in [-0.39, 0.29) is 0 Å². The molecule has 1 aromatic carbocycles. The van der Waals surface area contributed by atoms with E-state index in [9.17, 15) is 0 Å². The van der Waals surface area contributed by atoms with Crippen LogP contribution in [-0.4, -0.2) is 26.7 Å². The third-order valence-electron chi connectivity index (χ3n) is 3.70. The van der Waals surface area contributed by atoms with E-state index in [4.69, 9.17) is 9.84 Å². The quantitative estimate of drug-likeness (QED) is 0.581. The number of methoxy groups -OCH3 is 1. The topological polar surface area (TPSA) is 52.3 Å². The summed E-state index contributed by atoms with van der Waals surface area (Å²) in [5.41, 5.74) is 4.64. The standard InChI is InChI=1S/C18H14N4O/c1-23-15-4-2-3-14(11-15)17-12-20-18-6-5-16(21-22(17)18)13-7-9-19-10-8-13/h2-12H,1H3. The van der Waals surface area contributed by atoms with Crippen LogP contribution in [0.5, 0.6) is 5.75 Å². The molecule has 0 spiro atoms. The SMILES string of the molecule is COc1cccc(-c2cnc3ccc(-c4ccncc4)nn23)c1. The van der Waals surface area contributed by atoms with Crippen LogP contribution in [0.1, 0.15) is 0 Å². The first kappa shape index (κ1) is 13.5. The molecule has 0 unspecified atom stereocenters. The van der Waals surface area contributed by atoms with Crippen LogP contribution < -0.4 is 4.74 Å². The number of benzene rings is 1. The second-order valence-electron chi connectivity index (χ2n) is 5.10. The van der Waals surface area contributed by atoms with Crippen molar-refractivity contribution in [3.63, 3.8) is 0 Å². The minimum absolute atomic E-state index is 0.806. The largest absolute Gasteiger partial charge is 0.497 e. The van der Waals surface area contributed by atoms with Gasteiger partial charge in [0.2, 0.25) is 0 Å². The zero-order valence-electron chi connectivity index (χ0n) is 12.5. The normalized spacial score (nSPS) is 10.8. The van der Waals surface area contributed by atoms with Gasteiger partial charge in [-0.1, -0.05) is 12.1 Å². The van der Waals surface area contributed by atoms with Gasteiger partial charge in [0.1, 0.15) is 5.75 Å². The molecule has 0 amide bonds. The smallest absolute Gasteiger partial charge is 0.154 e. The molecule has 0 bridgehead atoms. The maximum absolute atomic E-state index is 5.30. The number of aromatic nitrogens is 4. The summed E-state index contributed by atoms with van der Waals surface area (Å²) in [6.45, 7) is 0. The Labute approximate surface area is 133 Å². The van der Waals surface area contributed by atoms with Crippen molar-refractivity contribution in [3.8, 4) is 28.3 Å². The summed E-state index contributed by atoms with van der Waals surface area (Å²) in [5, 5.41) is 4.72. The number of imidazole rings is 1. The first-order valence-corrected chi connectivity index (χ1v) is 7.25. The van der Waals surface area contributed by atoms with E-state index in [1.165, 1.54) is 0 Å². The molecule has 3 aromatic heterocycles. The van der Waals surface area contributed by atoms with Gasteiger partial charge in [-0.15, -0.1) is 0 Å². The summed E-state index contributed by atoms with van der Waals surface area (Å²) >= 11 is 0. The van der Waals surface area contributed by atoms with Gasteiger partial charge in [-0.25, -0.2) is 9.50 Å². The van der Waals surface area contributed by atoms with Crippen molar-refractivity contribution in [3.05, 3.63) is 67.1 Å². The lowest BCUT2D eigenvalue weighted by molar-refractivity contribution is 0.415. The van der Waals surface area contributed by atoms with Crippen molar-refractivity contribution < 1.29 is 4.74 Å². The molecular weight excluding hydrogens is 288 g/mol. The second kappa shape index (κ2) is 5.53. The summed E-state index contributed by atoms with van der Waals surface area (Å²) in [6, 6.07) is 15.7. The van der Waals surface area contributed by atoms with Crippen LogP contribution in [0.3, 0.4) is 0 Å². The van der Waals surface area contributed by atoms with Crippen molar-refractivity contribution in [2.75, 3.05) is 7.11 Å². The van der Waals surface area contributed by atoms with Crippen LogP contribution in [0.15, 0.2) is 67.1 Å². The number of ether oxygens (including phenoxy) is 1. The molecule has 0 radical (unpaired) electrons. The van der Waals surface area contributed by atoms with Crippen molar-refractivity contribution in [2.24, 2.45) is 0 Å². The molecule has 0 saturated carbocycles. The zero-order valence-corrected chi connectivity index (χ0v) is 12.5. The minimum Gasteiger partial charge on any atom is -0.497 e. The molecule has 4 aromatic rings. The first-order valence-electron chi connectivity index (χ1n) is 7.25. The highest BCUT2D eigenvalue weighted by Crippen LogP contribution is 2.25. The molecule has 0 saturated heterocycles. The van der Waals surface area contributed by atoms with Gasteiger partial charge in [0.25, 0.3) is 0 Å². The molecule has 5 nitrogen and oxygen atoms in total. The monoisotopic (exact) mass is 302 g/mol. The number of rotatable bonds is 3. The lowest BCUT2D eigenvalue weighted by Crippen LogP contribution is -1.97. The summed E-state index contributed by atoms with van der Waals surface area (Å²) < 4.78 is 7.15. The Balaban J connectivity index is 1.88. The minimum atomic E-state index is 0.806. The number of hydrogen-bond acceptors (Lipinski definition) is 4. The summed E-state index contributed by atoms with van der Waals surface area (Å²) in [4.78, 5) is 8.48. The highest BCUT2D eigenvalue weighted by molar-refractivity contribution is 5.66. The van der Waals surface area contributed by atoms with E-state index >= 15 is 0 Å². The molecule has 0 atom stereocenters. The third-order valence-corrected chi connectivity index (χ3v) is 3.70. The molecule has 112 valence electrons. The van der Waals surface area contributed by atoms with Crippen molar-refractivity contribution >= 4 is 5.65 Å². The van der Waals surface area contributed by atoms with Gasteiger partial charge < -0.3 is 4.74 Å². The molecule has 5 heteroatoms. The van der Waals surface area contributed by atoms with Crippen molar-refractivity contribution in [1.29, 1.82) is 0 Å². The predicted octanol–water partition coefficient (Wildman–Crippen LogP) is 3.47. The van der Waals surface area contributed by atoms with E-state index in [2.05, 4.69) is 9.97 Å². The third kappa shape index (κ3) is 2.42. The Morgan fingerprint density at radius 2 is 1.83 bits per heavy atom. The maximum Gasteiger partial charge on any atom is 0.154 e. The maximum atomic E-state index is 5.30. The Hall–Kier alpha value is -3.21. The summed E-state index contributed by atoms with van der Waals surface area (Å²) in [7, 11) is 1.66. The number of nitrogens with zero attached hydrogens (tertiary/aromatic N) is 4. The zero-order chi connectivity index (χ0) is 15.6. The van der Waals surface area contributed by atoms with Crippen LogP contribution in [0.4, 0.5) is 0 Å². The predicted molar refractivity (Wildman–Crippen MR) is 88.2 cm³/mol. The summed E-state index contributed by atoms with van der Waals surface area (Å²) in [6.07, 6.45) is 5.35. The van der Waals surface area contributed by atoms with Gasteiger partial charge in [0.05, 0.1) is 24.7 Å². The van der Waals surface area contributed by atoms with Crippen LogP contribution in [0.2, 0.25) is 0 Å². The number of hydrogen-bond donors (Lipinski definition) is 0. The van der Waals surface area contributed by atoms with Gasteiger partial charge >= 0.3 is 0 Å². The van der Waals surface area contributed by atoms with E-state index in [1.807, 2.05) is 59.2 Å². The van der Waals surface area contributed by atoms with Gasteiger partial charge in [0, 0.05) is 23.5 Å². The van der Waals surface area contributed by atoms with Crippen molar-refractivity contribution in [1.82, 2.24) is 19.6 Å². The Morgan fingerprint density at radius 1 is 0.957 bits per heavy atom. The van der Waals surface area contributed by atoms with Gasteiger partial charge in [-0.3, -0.25) is 4.98 Å². The van der Waals surface area contributed by atoms with Crippen LogP contribution >= 0.6 is 0 Å². The van der Waals surface area contributed by atoms with Gasteiger partial charge in [0.15, 0.2) is 5.65 Å². The molecule has 0 N–H and O–H groups in total. The fourth-order valence-electron chi connectivity index (χ4n) is 2.53. The van der Waals surface area contributed by atoms with Crippen LogP contribution in [-0.2, 0) is 0 Å². The van der Waals surface area contributed by atoms with Gasteiger partial charge in [-0.05, 0) is 36.4 Å². The fraction of sp³-hybridized carbons (Fsp3) is 0.0556. The highest BCUT2D eigenvalue weighted by atomic mass is 16.5. The second-order valence-corrected chi connectivity index (χ2v) is 5.10. The van der Waals surface area contributed by atoms with Crippen LogP contribution in [0.25, 0.3) is 28.2 Å². The summed E-state index contributed by atoms with van der Waals surface area (Å²) in [5.74, 6) is 0.808. The highest BCUT2D eigenvalue weighted by Gasteiger charge is 2.09.